The Morgan fingerprint density at radius 3 is 1.24 bits per heavy atom. The number of carbonyl (C=O) groups is 11. The molecule has 9 amide bonds. The topological polar surface area (TPSA) is 500 Å². The molecule has 7 atom stereocenters. The summed E-state index contributed by atoms with van der Waals surface area (Å²) in [6.07, 6.45) is -1.68. The van der Waals surface area contributed by atoms with Crippen LogP contribution in [0.1, 0.15) is 86.0 Å². The number of guanidine groups is 2. The Bertz CT molecular complexity index is 1840. The van der Waals surface area contributed by atoms with Gasteiger partial charge in [0.2, 0.25) is 53.2 Å². The Morgan fingerprint density at radius 1 is 0.485 bits per heavy atom. The SMILES string of the molecule is CC(=O)N[C@@H](CCCN=C(N)N)C(=O)NCC(=O)N[C@@H](CC(=O)O)C(=O)N[C@@H](CC(C)C)C(=O)N[C@@H](CC(=O)O)C(=O)N[C@@H](CO)C(=O)N[C@@H](CC(C)C)C(=O)N[C@@H](CCCN=C(N)N)C(N)=O. The van der Waals surface area contributed by atoms with Gasteiger partial charge in [-0.15, -0.1) is 0 Å². The molecule has 0 heterocycles. The molecule has 29 heteroatoms. The lowest BCUT2D eigenvalue weighted by Gasteiger charge is -2.27. The molecule has 384 valence electrons. The van der Waals surface area contributed by atoms with Crippen LogP contribution in [0.4, 0.5) is 0 Å². The molecule has 68 heavy (non-hydrogen) atoms. The molecule has 29 nitrogen and oxygen atoms in total. The first-order valence-corrected chi connectivity index (χ1v) is 21.5. The van der Waals surface area contributed by atoms with E-state index in [2.05, 4.69) is 52.5 Å². The molecule has 0 saturated carbocycles. The average Bonchev–Trinajstić information content (AvgIpc) is 3.21. The maximum absolute atomic E-state index is 13.7. The Balaban J connectivity index is 6.14. The Kier molecular flexibility index (Phi) is 28.2. The molecule has 0 saturated heterocycles. The lowest BCUT2D eigenvalue weighted by Crippen LogP contribution is -2.61. The molecular formula is C39H69N15O14. The summed E-state index contributed by atoms with van der Waals surface area (Å²) in [5.41, 5.74) is 26.6. The van der Waals surface area contributed by atoms with E-state index in [1.807, 2.05) is 0 Å². The zero-order valence-corrected chi connectivity index (χ0v) is 38.8. The van der Waals surface area contributed by atoms with Gasteiger partial charge in [-0.05, 0) is 50.4 Å². The maximum Gasteiger partial charge on any atom is 0.305 e. The molecule has 0 fully saturated rings. The van der Waals surface area contributed by atoms with Crippen molar-refractivity contribution in [3.8, 4) is 0 Å². The smallest absolute Gasteiger partial charge is 0.305 e. The first-order chi connectivity index (χ1) is 31.7. The van der Waals surface area contributed by atoms with Crippen LogP contribution in [0.2, 0.25) is 0 Å². The number of aliphatic imine (C=N–C) groups is 2. The highest BCUT2D eigenvalue weighted by Gasteiger charge is 2.35. The molecule has 0 bridgehead atoms. The number of amides is 9. The van der Waals surface area contributed by atoms with E-state index in [1.165, 1.54) is 0 Å². The lowest BCUT2D eigenvalue weighted by molar-refractivity contribution is -0.142. The number of carboxylic acid groups (broad SMARTS) is 2. The van der Waals surface area contributed by atoms with Gasteiger partial charge < -0.3 is 86.5 Å². The third-order valence-corrected chi connectivity index (χ3v) is 9.21. The van der Waals surface area contributed by atoms with Gasteiger partial charge in [-0.25, -0.2) is 0 Å². The van der Waals surface area contributed by atoms with Gasteiger partial charge in [0, 0.05) is 20.0 Å². The Hall–Kier alpha value is -7.33. The van der Waals surface area contributed by atoms with Gasteiger partial charge in [-0.3, -0.25) is 62.7 Å². The summed E-state index contributed by atoms with van der Waals surface area (Å²) in [5, 5.41) is 47.5. The lowest BCUT2D eigenvalue weighted by atomic mass is 10.0. The first kappa shape index (κ1) is 60.7. The second kappa shape index (κ2) is 31.6. The van der Waals surface area contributed by atoms with E-state index in [9.17, 15) is 68.1 Å². The molecule has 21 N–H and O–H groups in total. The molecule has 0 rings (SSSR count). The van der Waals surface area contributed by atoms with Gasteiger partial charge in [-0.2, -0.15) is 0 Å². The zero-order valence-electron chi connectivity index (χ0n) is 38.8. The predicted molar refractivity (Wildman–Crippen MR) is 242 cm³/mol. The Labute approximate surface area is 392 Å². The summed E-state index contributed by atoms with van der Waals surface area (Å²) in [7, 11) is 0. The highest BCUT2D eigenvalue weighted by atomic mass is 16.4. The highest BCUT2D eigenvalue weighted by Crippen LogP contribution is 2.10. The Morgan fingerprint density at radius 2 is 0.853 bits per heavy atom. The van der Waals surface area contributed by atoms with Crippen LogP contribution in [-0.2, 0) is 52.7 Å². The molecule has 0 aliphatic heterocycles. The number of primary amides is 1. The summed E-state index contributed by atoms with van der Waals surface area (Å²) in [5.74, 6) is -13.1. The van der Waals surface area contributed by atoms with Crippen molar-refractivity contribution in [3.63, 3.8) is 0 Å². The molecule has 0 aliphatic rings. The van der Waals surface area contributed by atoms with Crippen molar-refractivity contribution in [2.24, 2.45) is 50.5 Å². The number of hydrogen-bond acceptors (Lipinski definition) is 14. The number of nitrogens with one attached hydrogen (secondary N) is 8. The van der Waals surface area contributed by atoms with E-state index in [0.29, 0.717) is 0 Å². The van der Waals surface area contributed by atoms with Crippen LogP contribution in [0.5, 0.6) is 0 Å². The van der Waals surface area contributed by atoms with Crippen LogP contribution in [-0.4, -0.2) is 161 Å². The maximum atomic E-state index is 13.7. The van der Waals surface area contributed by atoms with Crippen LogP contribution < -0.4 is 71.2 Å². The number of hydrogen-bond donors (Lipinski definition) is 16. The summed E-state index contributed by atoms with van der Waals surface area (Å²) in [6.45, 7) is 6.22. The number of nitrogens with two attached hydrogens (primary N) is 5. The van der Waals surface area contributed by atoms with Gasteiger partial charge in [0.05, 0.1) is 26.0 Å². The van der Waals surface area contributed by atoms with Gasteiger partial charge in [-0.1, -0.05) is 27.7 Å². The van der Waals surface area contributed by atoms with Gasteiger partial charge in [0.15, 0.2) is 11.9 Å². The second-order valence-corrected chi connectivity index (χ2v) is 16.3. The minimum atomic E-state index is -1.95. The molecule has 0 aliphatic carbocycles. The molecule has 0 unspecified atom stereocenters. The van der Waals surface area contributed by atoms with Crippen molar-refractivity contribution in [3.05, 3.63) is 0 Å². The first-order valence-electron chi connectivity index (χ1n) is 21.5. The fraction of sp³-hybridized carbons (Fsp3) is 0.667. The number of carboxylic acids is 2. The summed E-state index contributed by atoms with van der Waals surface area (Å²) in [6, 6.07) is -10.9. The van der Waals surface area contributed by atoms with Crippen molar-refractivity contribution < 1.29 is 68.1 Å². The number of carbonyl (C=O) groups excluding carboxylic acids is 9. The molecule has 0 spiro atoms. The van der Waals surface area contributed by atoms with Crippen LogP contribution in [0, 0.1) is 11.8 Å². The zero-order chi connectivity index (χ0) is 52.3. The van der Waals surface area contributed by atoms with Crippen molar-refractivity contribution >= 4 is 77.0 Å². The van der Waals surface area contributed by atoms with E-state index >= 15 is 0 Å². The van der Waals surface area contributed by atoms with E-state index < -0.39 is 133 Å². The predicted octanol–water partition coefficient (Wildman–Crippen LogP) is -6.86. The van der Waals surface area contributed by atoms with Crippen LogP contribution in [0.3, 0.4) is 0 Å². The number of rotatable bonds is 33. The van der Waals surface area contributed by atoms with E-state index in [0.717, 1.165) is 6.92 Å². The molecule has 0 aromatic heterocycles. The third kappa shape index (κ3) is 26.6. The quantitative estimate of drug-likeness (QED) is 0.0165. The minimum absolute atomic E-state index is 0.00137. The van der Waals surface area contributed by atoms with Gasteiger partial charge in [0.1, 0.15) is 42.3 Å². The van der Waals surface area contributed by atoms with E-state index in [-0.39, 0.29) is 75.4 Å². The monoisotopic (exact) mass is 972 g/mol. The number of nitrogens with zero attached hydrogens (tertiary/aromatic N) is 2. The fourth-order valence-electron chi connectivity index (χ4n) is 6.07. The van der Waals surface area contributed by atoms with Crippen molar-refractivity contribution in [1.29, 1.82) is 0 Å². The van der Waals surface area contributed by atoms with Crippen molar-refractivity contribution in [2.45, 2.75) is 128 Å². The van der Waals surface area contributed by atoms with E-state index in [1.54, 1.807) is 27.7 Å². The normalized spacial score (nSPS) is 13.9. The minimum Gasteiger partial charge on any atom is -0.481 e. The van der Waals surface area contributed by atoms with Gasteiger partial charge >= 0.3 is 11.9 Å². The summed E-state index contributed by atoms with van der Waals surface area (Å²) in [4.78, 5) is 148. The largest absolute Gasteiger partial charge is 0.481 e. The number of aliphatic carboxylic acids is 2. The standard InChI is InChI=1S/C39H69N15O14/c1-18(2)12-23(33(64)50-21(31(40)62)8-6-10-45-38(41)42)52-37(68)27(17-55)54-36(67)26(15-30(60)61)53-34(65)24(13-19(3)4)51-35(66)25(14-29(58)59)49-28(57)16-47-32(63)22(48-20(5)56)9-7-11-46-39(43)44/h18-19,21-27,55H,6-17H2,1-5H3,(H2,40,62)(H,47,63)(H,48,56)(H,49,57)(H,50,64)(H,51,66)(H,52,68)(H,53,65)(H,54,67)(H,58,59)(H,60,61)(H4,41,42,45)(H4,43,44,46)/t21-,22-,23-,24-,25-,26-,27-/m0/s1. The van der Waals surface area contributed by atoms with Crippen LogP contribution in [0.15, 0.2) is 9.98 Å². The van der Waals surface area contributed by atoms with Crippen LogP contribution in [0.25, 0.3) is 0 Å². The third-order valence-electron chi connectivity index (χ3n) is 9.21. The van der Waals surface area contributed by atoms with Crippen LogP contribution >= 0.6 is 0 Å². The summed E-state index contributed by atoms with van der Waals surface area (Å²) >= 11 is 0. The van der Waals surface area contributed by atoms with Gasteiger partial charge in [0.25, 0.3) is 0 Å². The molecule has 0 radical (unpaired) electrons. The average molecular weight is 972 g/mol. The molecule has 0 aromatic carbocycles. The van der Waals surface area contributed by atoms with Crippen molar-refractivity contribution in [1.82, 2.24) is 42.5 Å². The molecular weight excluding hydrogens is 903 g/mol. The van der Waals surface area contributed by atoms with Crippen molar-refractivity contribution in [2.75, 3.05) is 26.2 Å². The molecule has 0 aromatic rings. The number of aliphatic hydroxyl groups is 1. The highest BCUT2D eigenvalue weighted by molar-refractivity contribution is 5.99. The second-order valence-electron chi connectivity index (χ2n) is 16.3. The fourth-order valence-corrected chi connectivity index (χ4v) is 6.07. The number of aliphatic hydroxyl groups excluding tert-OH is 1. The van der Waals surface area contributed by atoms with E-state index in [4.69, 9.17) is 28.7 Å². The summed E-state index contributed by atoms with van der Waals surface area (Å²) < 4.78 is 0.